The number of hydrogen-bond acceptors (Lipinski definition) is 6. The number of aromatic nitrogens is 2. The van der Waals surface area contributed by atoms with E-state index in [2.05, 4.69) is 5.27 Å². The third-order valence-corrected chi connectivity index (χ3v) is 5.04. The Morgan fingerprint density at radius 2 is 2.00 bits per heavy atom. The molecular weight excluding hydrogens is 350 g/mol. The van der Waals surface area contributed by atoms with Crippen molar-refractivity contribution >= 4 is 34.1 Å². The van der Waals surface area contributed by atoms with Crippen LogP contribution < -0.4 is 10.3 Å². The van der Waals surface area contributed by atoms with Crippen molar-refractivity contribution in [3.05, 3.63) is 46.4 Å². The van der Waals surface area contributed by atoms with Crippen LogP contribution in [0.15, 0.2) is 39.6 Å². The number of nitrogens with zero attached hydrogens (tertiary/aromatic N) is 2. The van der Waals surface area contributed by atoms with Crippen LogP contribution in [0.3, 0.4) is 0 Å². The van der Waals surface area contributed by atoms with Gasteiger partial charge in [0.15, 0.2) is 0 Å². The van der Waals surface area contributed by atoms with Crippen molar-refractivity contribution in [3.8, 4) is 5.69 Å². The van der Waals surface area contributed by atoms with Gasteiger partial charge in [-0.3, -0.25) is 9.32 Å². The van der Waals surface area contributed by atoms with Crippen LogP contribution >= 0.6 is 24.0 Å². The Morgan fingerprint density at radius 3 is 2.71 bits per heavy atom. The molecule has 7 nitrogen and oxygen atoms in total. The molecule has 1 aromatic carbocycles. The number of thioether (sulfide) groups is 1. The van der Waals surface area contributed by atoms with Crippen LogP contribution in [0.5, 0.6) is 0 Å². The van der Waals surface area contributed by atoms with Crippen molar-refractivity contribution in [1.82, 2.24) is 10.2 Å². The van der Waals surface area contributed by atoms with E-state index in [1.807, 2.05) is 23.1 Å². The smallest absolute Gasteiger partial charge is 0.378 e. The highest BCUT2D eigenvalue weighted by atomic mass is 32.2. The second kappa shape index (κ2) is 7.73. The van der Waals surface area contributed by atoms with Crippen LogP contribution in [0.25, 0.3) is 5.69 Å². The zero-order valence-corrected chi connectivity index (χ0v) is 14.4. The number of aromatic amines is 1. The Labute approximate surface area is 147 Å². The summed E-state index contributed by atoms with van der Waals surface area (Å²) in [6.45, 7) is 2.70. The average molecular weight is 366 g/mol. The molecule has 9 heteroatoms. The zero-order chi connectivity index (χ0) is 16.9. The second-order valence-electron chi connectivity index (χ2n) is 5.08. The summed E-state index contributed by atoms with van der Waals surface area (Å²) in [5, 5.41) is 2.46. The Morgan fingerprint density at radius 1 is 1.29 bits per heavy atom. The maximum Gasteiger partial charge on any atom is 0.438 e. The Hall–Kier alpha value is -1.97. The Kier molecular flexibility index (Phi) is 5.44. The maximum absolute atomic E-state index is 12.5. The van der Waals surface area contributed by atoms with Crippen LogP contribution in [0.1, 0.15) is 10.5 Å². The molecule has 0 unspecified atom stereocenters. The van der Waals surface area contributed by atoms with E-state index >= 15 is 0 Å². The van der Waals surface area contributed by atoms with E-state index in [4.69, 9.17) is 21.5 Å². The number of para-hydroxylation sites is 1. The number of hydrogen-bond donors (Lipinski definition) is 1. The molecule has 0 bridgehead atoms. The second-order valence-corrected chi connectivity index (χ2v) is 6.69. The molecule has 1 N–H and O–H groups in total. The third-order valence-electron chi connectivity index (χ3n) is 3.52. The number of H-pyrrole nitrogens is 1. The fourth-order valence-electron chi connectivity index (χ4n) is 2.30. The molecule has 1 saturated heterocycles. The number of ether oxygens (including phenoxy) is 1. The molecule has 2 heterocycles. The van der Waals surface area contributed by atoms with Gasteiger partial charge < -0.3 is 9.64 Å². The minimum atomic E-state index is -0.693. The van der Waals surface area contributed by atoms with Crippen molar-refractivity contribution in [2.75, 3.05) is 32.1 Å². The molecule has 1 aliphatic heterocycles. The average Bonchev–Trinajstić information content (AvgIpc) is 3.02. The number of benzene rings is 1. The minimum Gasteiger partial charge on any atom is -0.378 e. The van der Waals surface area contributed by atoms with Gasteiger partial charge in [0.1, 0.15) is 4.32 Å². The number of thiocarbonyl (C=S) groups is 1. The van der Waals surface area contributed by atoms with Gasteiger partial charge in [-0.25, -0.2) is 4.79 Å². The van der Waals surface area contributed by atoms with Crippen molar-refractivity contribution in [2.45, 2.75) is 0 Å². The van der Waals surface area contributed by atoms with Crippen molar-refractivity contribution < 1.29 is 18.7 Å². The van der Waals surface area contributed by atoms with Crippen LogP contribution in [0, 0.1) is 0 Å². The number of rotatable bonds is 4. The number of ketones is 1. The summed E-state index contributed by atoms with van der Waals surface area (Å²) < 4.78 is 12.1. The Bertz CT molecular complexity index is 782. The lowest BCUT2D eigenvalue weighted by Crippen LogP contribution is -2.42. The van der Waals surface area contributed by atoms with E-state index in [0.29, 0.717) is 23.2 Å². The molecule has 0 radical (unpaired) electrons. The maximum atomic E-state index is 12.5. The normalized spacial score (nSPS) is 14.6. The SMILES string of the molecule is O=C(CSC(=S)N1CCOCC1)c1c(=O)o[nH][n+]1-c1ccccc1. The molecule has 0 amide bonds. The topological polar surface area (TPSA) is 79.4 Å². The molecule has 0 spiro atoms. The summed E-state index contributed by atoms with van der Waals surface area (Å²) in [4.78, 5) is 26.4. The summed E-state index contributed by atoms with van der Waals surface area (Å²) in [7, 11) is 0. The summed E-state index contributed by atoms with van der Waals surface area (Å²) in [6, 6.07) is 9.01. The molecule has 2 aromatic rings. The number of Topliss-reactive ketones (excluding diaryl/α,β-unsaturated/α-hetero) is 1. The van der Waals surface area contributed by atoms with E-state index in [-0.39, 0.29) is 17.2 Å². The first-order chi connectivity index (χ1) is 11.7. The molecule has 1 fully saturated rings. The number of carbonyl (C=O) groups excluding carboxylic acids is 1. The summed E-state index contributed by atoms with van der Waals surface area (Å²) in [5.41, 5.74) is -0.0901. The highest BCUT2D eigenvalue weighted by Gasteiger charge is 2.30. The first kappa shape index (κ1) is 16.9. The standard InChI is InChI=1S/C15H15N3O4S2/c19-12(10-24-15(23)17-6-8-21-9-7-17)13-14(20)22-16-18(13)11-4-2-1-3-5-11/h1-5H,6-10H2/p+1. The van der Waals surface area contributed by atoms with Gasteiger partial charge in [0.05, 0.1) is 19.0 Å². The van der Waals surface area contributed by atoms with Gasteiger partial charge in [-0.1, -0.05) is 42.2 Å². The quantitative estimate of drug-likeness (QED) is 0.487. The molecule has 126 valence electrons. The molecular formula is C15H16N3O4S2+. The van der Waals surface area contributed by atoms with Crippen molar-refractivity contribution in [2.24, 2.45) is 0 Å². The van der Waals surface area contributed by atoms with Gasteiger partial charge in [0.25, 0.3) is 0 Å². The van der Waals surface area contributed by atoms with E-state index in [1.165, 1.54) is 16.4 Å². The predicted octanol–water partition coefficient (Wildman–Crippen LogP) is 0.778. The van der Waals surface area contributed by atoms with E-state index in [9.17, 15) is 9.59 Å². The van der Waals surface area contributed by atoms with Crippen LogP contribution in [0.2, 0.25) is 0 Å². The van der Waals surface area contributed by atoms with Crippen LogP contribution in [0.4, 0.5) is 0 Å². The highest BCUT2D eigenvalue weighted by molar-refractivity contribution is 8.23. The fourth-order valence-corrected chi connectivity index (χ4v) is 3.42. The third kappa shape index (κ3) is 3.74. The van der Waals surface area contributed by atoms with Gasteiger partial charge in [-0.15, -0.1) is 0 Å². The molecule has 1 aliphatic rings. The lowest BCUT2D eigenvalue weighted by molar-refractivity contribution is -0.672. The van der Waals surface area contributed by atoms with Gasteiger partial charge in [-0.05, 0) is 9.95 Å². The van der Waals surface area contributed by atoms with E-state index in [1.54, 1.807) is 12.1 Å². The predicted molar refractivity (Wildman–Crippen MR) is 92.6 cm³/mol. The summed E-state index contributed by atoms with van der Waals surface area (Å²) in [5.74, 6) is -0.263. The van der Waals surface area contributed by atoms with Gasteiger partial charge in [-0.2, -0.15) is 0 Å². The highest BCUT2D eigenvalue weighted by Crippen LogP contribution is 2.12. The zero-order valence-electron chi connectivity index (χ0n) is 12.8. The van der Waals surface area contributed by atoms with Gasteiger partial charge in [0, 0.05) is 25.2 Å². The van der Waals surface area contributed by atoms with E-state index < -0.39 is 5.63 Å². The number of morpholine rings is 1. The van der Waals surface area contributed by atoms with Crippen LogP contribution in [-0.4, -0.2) is 52.3 Å². The fraction of sp³-hybridized carbons (Fsp3) is 0.333. The summed E-state index contributed by atoms with van der Waals surface area (Å²) >= 11 is 6.59. The lowest BCUT2D eigenvalue weighted by Gasteiger charge is -2.28. The number of nitrogens with one attached hydrogen (secondary N) is 1. The Balaban J connectivity index is 1.70. The molecule has 3 rings (SSSR count). The monoisotopic (exact) mass is 366 g/mol. The largest absolute Gasteiger partial charge is 0.438 e. The first-order valence-corrected chi connectivity index (χ1v) is 8.78. The van der Waals surface area contributed by atoms with Crippen molar-refractivity contribution in [3.63, 3.8) is 0 Å². The molecule has 0 aliphatic carbocycles. The molecule has 0 saturated carbocycles. The minimum absolute atomic E-state index is 0.0431. The molecule has 0 atom stereocenters. The van der Waals surface area contributed by atoms with Crippen LogP contribution in [-0.2, 0) is 4.74 Å². The lowest BCUT2D eigenvalue weighted by atomic mass is 10.3. The number of carbonyl (C=O) groups is 1. The first-order valence-electron chi connectivity index (χ1n) is 7.38. The molecule has 24 heavy (non-hydrogen) atoms. The van der Waals surface area contributed by atoms with Gasteiger partial charge in [0.2, 0.25) is 11.5 Å². The van der Waals surface area contributed by atoms with Gasteiger partial charge >= 0.3 is 11.3 Å². The summed E-state index contributed by atoms with van der Waals surface area (Å²) in [6.07, 6.45) is 0. The molecule has 1 aromatic heterocycles. The van der Waals surface area contributed by atoms with Crippen molar-refractivity contribution in [1.29, 1.82) is 0 Å². The van der Waals surface area contributed by atoms with E-state index in [0.717, 1.165) is 13.1 Å².